The third-order valence-corrected chi connectivity index (χ3v) is 3.46. The summed E-state index contributed by atoms with van der Waals surface area (Å²) in [6.07, 6.45) is 4.44. The van der Waals surface area contributed by atoms with Gasteiger partial charge in [0.25, 0.3) is 0 Å². The molecule has 0 aliphatic carbocycles. The molecule has 1 fully saturated rings. The summed E-state index contributed by atoms with van der Waals surface area (Å²) < 4.78 is 0. The maximum absolute atomic E-state index is 7.94. The molecule has 0 saturated carbocycles. The van der Waals surface area contributed by atoms with Gasteiger partial charge in [0, 0.05) is 32.6 Å². The van der Waals surface area contributed by atoms with Crippen LogP contribution in [0.2, 0.25) is 0 Å². The summed E-state index contributed by atoms with van der Waals surface area (Å²) in [4.78, 5) is 4.68. The Kier molecular flexibility index (Phi) is 5.09. The first kappa shape index (κ1) is 12.5. The third kappa shape index (κ3) is 3.49. The van der Waals surface area contributed by atoms with Crippen LogP contribution in [0.1, 0.15) is 39.5 Å². The van der Waals surface area contributed by atoms with Crippen molar-refractivity contribution in [1.82, 2.24) is 9.80 Å². The van der Waals surface area contributed by atoms with Crippen LogP contribution in [0.25, 0.3) is 0 Å². The Morgan fingerprint density at radius 3 is 2.40 bits per heavy atom. The summed E-state index contributed by atoms with van der Waals surface area (Å²) in [6.45, 7) is 7.93. The zero-order chi connectivity index (χ0) is 11.3. The van der Waals surface area contributed by atoms with Gasteiger partial charge in [-0.1, -0.05) is 13.8 Å². The highest BCUT2D eigenvalue weighted by molar-refractivity contribution is 5.79. The molecule has 0 aromatic carbocycles. The number of nitrogens with zero attached hydrogens (tertiary/aromatic N) is 2. The van der Waals surface area contributed by atoms with Crippen LogP contribution >= 0.6 is 0 Å². The molecule has 1 saturated heterocycles. The number of nitrogens with one attached hydrogen (secondary N) is 1. The number of likely N-dealkylation sites (tertiary alicyclic amines) is 1. The highest BCUT2D eigenvalue weighted by atomic mass is 15.2. The summed E-state index contributed by atoms with van der Waals surface area (Å²) in [6, 6.07) is 0.604. The van der Waals surface area contributed by atoms with Crippen LogP contribution in [0.4, 0.5) is 0 Å². The number of rotatable bonds is 4. The van der Waals surface area contributed by atoms with Crippen LogP contribution in [0, 0.1) is 5.41 Å². The van der Waals surface area contributed by atoms with E-state index in [4.69, 9.17) is 5.41 Å². The average molecular weight is 211 g/mol. The molecule has 1 N–H and O–H groups in total. The Morgan fingerprint density at radius 1 is 1.33 bits per heavy atom. The average Bonchev–Trinajstić information content (AvgIpc) is 2.28. The van der Waals surface area contributed by atoms with E-state index in [1.165, 1.54) is 32.5 Å². The zero-order valence-electron chi connectivity index (χ0n) is 10.4. The Morgan fingerprint density at radius 2 is 1.93 bits per heavy atom. The lowest BCUT2D eigenvalue weighted by molar-refractivity contribution is 0.170. The first-order valence-corrected chi connectivity index (χ1v) is 6.21. The molecule has 88 valence electrons. The topological polar surface area (TPSA) is 30.3 Å². The molecule has 15 heavy (non-hydrogen) atoms. The standard InChI is InChI=1S/C12H25N3/c1-4-6-12(13)14(3)11-7-9-15(5-2)10-8-11/h11,13H,4-10H2,1-3H3. The normalized spacial score (nSPS) is 19.1. The zero-order valence-corrected chi connectivity index (χ0v) is 10.4. The molecule has 1 heterocycles. The third-order valence-electron chi connectivity index (χ3n) is 3.46. The molecule has 0 unspecified atom stereocenters. The second-order valence-corrected chi connectivity index (χ2v) is 4.47. The van der Waals surface area contributed by atoms with Crippen molar-refractivity contribution in [3.63, 3.8) is 0 Å². The summed E-state index contributed by atoms with van der Waals surface area (Å²) >= 11 is 0. The van der Waals surface area contributed by atoms with Gasteiger partial charge < -0.3 is 9.80 Å². The summed E-state index contributed by atoms with van der Waals surface area (Å²) in [5.41, 5.74) is 0. The quantitative estimate of drug-likeness (QED) is 0.570. The minimum atomic E-state index is 0.604. The first-order valence-electron chi connectivity index (χ1n) is 6.21. The summed E-state index contributed by atoms with van der Waals surface area (Å²) in [7, 11) is 2.09. The van der Waals surface area contributed by atoms with Crippen molar-refractivity contribution >= 4 is 5.84 Å². The first-order chi connectivity index (χ1) is 7.19. The molecule has 0 aromatic rings. The minimum absolute atomic E-state index is 0.604. The predicted octanol–water partition coefficient (Wildman–Crippen LogP) is 2.18. The van der Waals surface area contributed by atoms with Gasteiger partial charge in [0.05, 0.1) is 5.84 Å². The second-order valence-electron chi connectivity index (χ2n) is 4.47. The summed E-state index contributed by atoms with van der Waals surface area (Å²) in [5, 5.41) is 7.94. The van der Waals surface area contributed by atoms with Gasteiger partial charge in [-0.25, -0.2) is 0 Å². The highest BCUT2D eigenvalue weighted by Gasteiger charge is 2.22. The lowest BCUT2D eigenvalue weighted by Gasteiger charge is -2.37. The molecule has 1 aliphatic rings. The van der Waals surface area contributed by atoms with Crippen LogP contribution < -0.4 is 0 Å². The van der Waals surface area contributed by atoms with Crippen LogP contribution in [0.5, 0.6) is 0 Å². The number of piperidine rings is 1. The van der Waals surface area contributed by atoms with Gasteiger partial charge in [-0.15, -0.1) is 0 Å². The number of hydrogen-bond acceptors (Lipinski definition) is 2. The van der Waals surface area contributed by atoms with E-state index in [1.807, 2.05) is 0 Å². The molecule has 0 aromatic heterocycles. The SMILES string of the molecule is CCCC(=N)N(C)C1CCN(CC)CC1. The fourth-order valence-corrected chi connectivity index (χ4v) is 2.26. The van der Waals surface area contributed by atoms with E-state index in [9.17, 15) is 0 Å². The molecule has 1 rings (SSSR count). The molecule has 0 bridgehead atoms. The van der Waals surface area contributed by atoms with Crippen molar-refractivity contribution in [3.05, 3.63) is 0 Å². The maximum Gasteiger partial charge on any atom is 0.0957 e. The molecular weight excluding hydrogens is 186 g/mol. The van der Waals surface area contributed by atoms with Crippen molar-refractivity contribution in [3.8, 4) is 0 Å². The fraction of sp³-hybridized carbons (Fsp3) is 0.917. The molecule has 3 heteroatoms. The summed E-state index contributed by atoms with van der Waals surface area (Å²) in [5.74, 6) is 0.812. The Labute approximate surface area is 94.0 Å². The van der Waals surface area contributed by atoms with Gasteiger partial charge in [-0.05, 0) is 25.8 Å². The smallest absolute Gasteiger partial charge is 0.0957 e. The molecule has 0 amide bonds. The van der Waals surface area contributed by atoms with E-state index in [0.717, 1.165) is 18.7 Å². The van der Waals surface area contributed by atoms with E-state index in [-0.39, 0.29) is 0 Å². The molecule has 0 radical (unpaired) electrons. The van der Waals surface area contributed by atoms with Crippen LogP contribution in [0.3, 0.4) is 0 Å². The lowest BCUT2D eigenvalue weighted by atomic mass is 10.0. The van der Waals surface area contributed by atoms with Crippen LogP contribution in [-0.4, -0.2) is 48.4 Å². The van der Waals surface area contributed by atoms with Crippen LogP contribution in [0.15, 0.2) is 0 Å². The van der Waals surface area contributed by atoms with Gasteiger partial charge >= 0.3 is 0 Å². The van der Waals surface area contributed by atoms with Gasteiger partial charge in [0.1, 0.15) is 0 Å². The Bertz CT molecular complexity index is 195. The van der Waals surface area contributed by atoms with Crippen molar-refractivity contribution in [2.45, 2.75) is 45.6 Å². The van der Waals surface area contributed by atoms with Crippen molar-refractivity contribution in [2.75, 3.05) is 26.7 Å². The molecular formula is C12H25N3. The number of hydrogen-bond donors (Lipinski definition) is 1. The van der Waals surface area contributed by atoms with E-state index >= 15 is 0 Å². The van der Waals surface area contributed by atoms with Crippen molar-refractivity contribution in [1.29, 1.82) is 5.41 Å². The lowest BCUT2D eigenvalue weighted by Crippen LogP contribution is -2.45. The monoisotopic (exact) mass is 211 g/mol. The molecule has 3 nitrogen and oxygen atoms in total. The Hall–Kier alpha value is -0.570. The fourth-order valence-electron chi connectivity index (χ4n) is 2.26. The molecule has 1 aliphatic heterocycles. The maximum atomic E-state index is 7.94. The molecule has 0 spiro atoms. The van der Waals surface area contributed by atoms with E-state index < -0.39 is 0 Å². The largest absolute Gasteiger partial charge is 0.361 e. The van der Waals surface area contributed by atoms with Gasteiger partial charge in [0.2, 0.25) is 0 Å². The number of amidine groups is 1. The van der Waals surface area contributed by atoms with Crippen molar-refractivity contribution < 1.29 is 0 Å². The van der Waals surface area contributed by atoms with Gasteiger partial charge in [0.15, 0.2) is 0 Å². The minimum Gasteiger partial charge on any atom is -0.361 e. The Balaban J connectivity index is 2.35. The second kappa shape index (κ2) is 6.11. The predicted molar refractivity (Wildman–Crippen MR) is 65.5 cm³/mol. The van der Waals surface area contributed by atoms with Gasteiger partial charge in [-0.3, -0.25) is 5.41 Å². The van der Waals surface area contributed by atoms with E-state index in [0.29, 0.717) is 6.04 Å². The molecule has 0 atom stereocenters. The van der Waals surface area contributed by atoms with Crippen LogP contribution in [-0.2, 0) is 0 Å². The highest BCUT2D eigenvalue weighted by Crippen LogP contribution is 2.16. The van der Waals surface area contributed by atoms with Crippen molar-refractivity contribution in [2.24, 2.45) is 0 Å². The van der Waals surface area contributed by atoms with Gasteiger partial charge in [-0.2, -0.15) is 0 Å². The van der Waals surface area contributed by atoms with E-state index in [1.54, 1.807) is 0 Å². The van der Waals surface area contributed by atoms with E-state index in [2.05, 4.69) is 30.7 Å².